The van der Waals surface area contributed by atoms with Gasteiger partial charge < -0.3 is 14.8 Å². The normalized spacial score (nSPS) is 19.6. The summed E-state index contributed by atoms with van der Waals surface area (Å²) < 4.78 is 10.3. The van der Waals surface area contributed by atoms with Crippen molar-refractivity contribution in [2.24, 2.45) is 5.92 Å². The van der Waals surface area contributed by atoms with Gasteiger partial charge in [-0.2, -0.15) is 0 Å². The van der Waals surface area contributed by atoms with Crippen LogP contribution in [0.15, 0.2) is 24.3 Å². The number of hydrogen-bond acceptors (Lipinski definition) is 5. The van der Waals surface area contributed by atoms with Gasteiger partial charge in [-0.1, -0.05) is 12.8 Å². The Labute approximate surface area is 137 Å². The number of esters is 1. The average molecular weight is 319 g/mol. The highest BCUT2D eigenvalue weighted by Gasteiger charge is 2.35. The molecule has 0 bridgehead atoms. The third-order valence-electron chi connectivity index (χ3n) is 4.21. The minimum absolute atomic E-state index is 0.154. The summed E-state index contributed by atoms with van der Waals surface area (Å²) in [5, 5.41) is 3.19. The molecular weight excluding hydrogens is 294 g/mol. The van der Waals surface area contributed by atoms with Crippen LogP contribution in [0, 0.1) is 5.92 Å². The molecule has 0 aliphatic heterocycles. The van der Waals surface area contributed by atoms with E-state index < -0.39 is 6.04 Å². The molecule has 126 valence electrons. The van der Waals surface area contributed by atoms with Crippen LogP contribution in [0.2, 0.25) is 0 Å². The molecule has 0 unspecified atom stereocenters. The third-order valence-corrected chi connectivity index (χ3v) is 4.21. The molecule has 2 atom stereocenters. The highest BCUT2D eigenvalue weighted by Crippen LogP contribution is 2.26. The van der Waals surface area contributed by atoms with E-state index in [2.05, 4.69) is 5.32 Å². The van der Waals surface area contributed by atoms with Gasteiger partial charge in [-0.3, -0.25) is 4.79 Å². The molecule has 0 saturated heterocycles. The van der Waals surface area contributed by atoms with E-state index in [4.69, 9.17) is 9.47 Å². The molecule has 5 nitrogen and oxygen atoms in total. The maximum Gasteiger partial charge on any atom is 0.329 e. The average Bonchev–Trinajstić information content (AvgIpc) is 2.78. The van der Waals surface area contributed by atoms with Crippen LogP contribution in [0.25, 0.3) is 0 Å². The molecule has 0 aromatic heterocycles. The topological polar surface area (TPSA) is 64.6 Å². The largest absolute Gasteiger partial charge is 0.497 e. The van der Waals surface area contributed by atoms with Crippen molar-refractivity contribution in [2.45, 2.75) is 45.1 Å². The molecule has 1 fully saturated rings. The Hall–Kier alpha value is -2.04. The van der Waals surface area contributed by atoms with E-state index in [-0.39, 0.29) is 17.7 Å². The van der Waals surface area contributed by atoms with Gasteiger partial charge >= 0.3 is 5.97 Å². The highest BCUT2D eigenvalue weighted by atomic mass is 16.5. The molecule has 0 radical (unpaired) electrons. The molecule has 23 heavy (non-hydrogen) atoms. The maximum absolute atomic E-state index is 12.4. The maximum atomic E-state index is 12.4. The second-order valence-electron chi connectivity index (χ2n) is 5.77. The van der Waals surface area contributed by atoms with E-state index in [0.717, 1.165) is 37.1 Å². The lowest BCUT2D eigenvalue weighted by atomic mass is 9.90. The van der Waals surface area contributed by atoms with Crippen LogP contribution in [0.5, 0.6) is 5.75 Å². The first-order valence-corrected chi connectivity index (χ1v) is 8.25. The van der Waals surface area contributed by atoms with E-state index in [1.807, 2.05) is 24.3 Å². The number of anilines is 1. The monoisotopic (exact) mass is 319 g/mol. The van der Waals surface area contributed by atoms with Crippen molar-refractivity contribution in [1.82, 2.24) is 0 Å². The van der Waals surface area contributed by atoms with Gasteiger partial charge in [0.2, 0.25) is 0 Å². The number of methoxy groups -OCH3 is 1. The van der Waals surface area contributed by atoms with Gasteiger partial charge in [0, 0.05) is 18.0 Å². The lowest BCUT2D eigenvalue weighted by molar-refractivity contribution is -0.147. The standard InChI is InChI=1S/C18H25NO4/c1-3-23-18(21)17(15-7-5-4-6-8-16(15)20)19-13-9-11-14(22-2)12-10-13/h9-12,15,17,19H,3-8H2,1-2H3/t15-,17+/m1/s1. The molecule has 0 heterocycles. The summed E-state index contributed by atoms with van der Waals surface area (Å²) in [6, 6.07) is 6.69. The van der Waals surface area contributed by atoms with Gasteiger partial charge in [-0.15, -0.1) is 0 Å². The van der Waals surface area contributed by atoms with Crippen molar-refractivity contribution in [3.05, 3.63) is 24.3 Å². The predicted molar refractivity (Wildman–Crippen MR) is 88.6 cm³/mol. The second-order valence-corrected chi connectivity index (χ2v) is 5.77. The number of ether oxygens (including phenoxy) is 2. The van der Waals surface area contributed by atoms with Gasteiger partial charge in [0.25, 0.3) is 0 Å². The number of rotatable bonds is 6. The molecule has 1 aromatic carbocycles. The summed E-state index contributed by atoms with van der Waals surface area (Å²) in [7, 11) is 1.61. The van der Waals surface area contributed by atoms with Crippen molar-refractivity contribution in [1.29, 1.82) is 0 Å². The third kappa shape index (κ3) is 4.71. The highest BCUT2D eigenvalue weighted by molar-refractivity contribution is 5.90. The fraction of sp³-hybridized carbons (Fsp3) is 0.556. The minimum atomic E-state index is -0.631. The van der Waals surface area contributed by atoms with Gasteiger partial charge in [-0.25, -0.2) is 4.79 Å². The molecule has 1 aliphatic carbocycles. The summed E-state index contributed by atoms with van der Waals surface area (Å²) in [6.45, 7) is 2.08. The van der Waals surface area contributed by atoms with Crippen molar-refractivity contribution < 1.29 is 19.1 Å². The minimum Gasteiger partial charge on any atom is -0.497 e. The fourth-order valence-electron chi connectivity index (χ4n) is 2.96. The summed E-state index contributed by atoms with van der Waals surface area (Å²) >= 11 is 0. The first-order chi connectivity index (χ1) is 11.2. The van der Waals surface area contributed by atoms with Crippen molar-refractivity contribution in [3.8, 4) is 5.75 Å². The van der Waals surface area contributed by atoms with Crippen molar-refractivity contribution >= 4 is 17.4 Å². The number of ketones is 1. The Morgan fingerprint density at radius 2 is 2.00 bits per heavy atom. The molecule has 1 saturated carbocycles. The van der Waals surface area contributed by atoms with Crippen LogP contribution in [0.1, 0.15) is 39.0 Å². The molecule has 1 N–H and O–H groups in total. The number of benzene rings is 1. The zero-order chi connectivity index (χ0) is 16.7. The quantitative estimate of drug-likeness (QED) is 0.644. The smallest absolute Gasteiger partial charge is 0.329 e. The van der Waals surface area contributed by atoms with E-state index >= 15 is 0 Å². The molecular formula is C18H25NO4. The molecule has 2 rings (SSSR count). The zero-order valence-electron chi connectivity index (χ0n) is 13.8. The van der Waals surface area contributed by atoms with Crippen molar-refractivity contribution in [3.63, 3.8) is 0 Å². The second kappa shape index (κ2) is 8.56. The van der Waals surface area contributed by atoms with Gasteiger partial charge in [0.15, 0.2) is 0 Å². The SMILES string of the molecule is CCOC(=O)[C@@H](Nc1ccc(OC)cc1)[C@@H]1CCCCCC1=O. The van der Waals surface area contributed by atoms with Gasteiger partial charge in [0.1, 0.15) is 17.6 Å². The lowest BCUT2D eigenvalue weighted by Gasteiger charge is -2.25. The Morgan fingerprint density at radius 1 is 1.26 bits per heavy atom. The Balaban J connectivity index is 2.18. The molecule has 1 aliphatic rings. The van der Waals surface area contributed by atoms with Crippen LogP contribution < -0.4 is 10.1 Å². The molecule has 1 aromatic rings. The number of carbonyl (C=O) groups is 2. The first-order valence-electron chi connectivity index (χ1n) is 8.25. The zero-order valence-corrected chi connectivity index (χ0v) is 13.8. The lowest BCUT2D eigenvalue weighted by Crippen LogP contribution is -2.41. The Kier molecular flexibility index (Phi) is 6.44. The molecule has 0 amide bonds. The van der Waals surface area contributed by atoms with Crippen LogP contribution in [-0.2, 0) is 14.3 Å². The number of nitrogens with one attached hydrogen (secondary N) is 1. The van der Waals surface area contributed by atoms with Crippen LogP contribution >= 0.6 is 0 Å². The van der Waals surface area contributed by atoms with Crippen LogP contribution in [0.3, 0.4) is 0 Å². The molecule has 5 heteroatoms. The van der Waals surface area contributed by atoms with E-state index in [9.17, 15) is 9.59 Å². The Morgan fingerprint density at radius 3 is 2.65 bits per heavy atom. The van der Waals surface area contributed by atoms with Crippen molar-refractivity contribution in [2.75, 3.05) is 19.0 Å². The van der Waals surface area contributed by atoms with Crippen LogP contribution in [-0.4, -0.2) is 31.5 Å². The number of carbonyl (C=O) groups excluding carboxylic acids is 2. The van der Waals surface area contributed by atoms with Gasteiger partial charge in [0.05, 0.1) is 13.7 Å². The summed E-state index contributed by atoms with van der Waals surface area (Å²) in [6.07, 6.45) is 4.20. The van der Waals surface area contributed by atoms with E-state index in [0.29, 0.717) is 13.0 Å². The predicted octanol–water partition coefficient (Wildman–Crippen LogP) is 3.19. The van der Waals surface area contributed by atoms with Crippen LogP contribution in [0.4, 0.5) is 5.69 Å². The number of hydrogen-bond donors (Lipinski definition) is 1. The van der Waals surface area contributed by atoms with Gasteiger partial charge in [-0.05, 0) is 44.0 Å². The summed E-state index contributed by atoms with van der Waals surface area (Å²) in [4.78, 5) is 24.8. The first kappa shape index (κ1) is 17.3. The summed E-state index contributed by atoms with van der Waals surface area (Å²) in [5.41, 5.74) is 0.779. The molecule has 0 spiro atoms. The number of Topliss-reactive ketones (excluding diaryl/α,β-unsaturated/α-hetero) is 1. The fourth-order valence-corrected chi connectivity index (χ4v) is 2.96. The Bertz CT molecular complexity index is 526. The van der Waals surface area contributed by atoms with E-state index in [1.165, 1.54) is 0 Å². The summed E-state index contributed by atoms with van der Waals surface area (Å²) in [5.74, 6) is 0.220. The van der Waals surface area contributed by atoms with E-state index in [1.54, 1.807) is 14.0 Å².